The van der Waals surface area contributed by atoms with Gasteiger partial charge in [0.05, 0.1) is 23.5 Å². The smallest absolute Gasteiger partial charge is 0.256 e. The number of carbonyl (C=O) groups is 2. The van der Waals surface area contributed by atoms with Crippen molar-refractivity contribution < 1.29 is 19.1 Å². The molecule has 2 atom stereocenters. The lowest BCUT2D eigenvalue weighted by atomic mass is 9.99. The maximum absolute atomic E-state index is 13.0. The molecule has 3 rings (SSSR count). The summed E-state index contributed by atoms with van der Waals surface area (Å²) in [6.45, 7) is 6.28. The van der Waals surface area contributed by atoms with E-state index in [0.717, 1.165) is 12.8 Å². The molecule has 2 fully saturated rings. The van der Waals surface area contributed by atoms with Crippen molar-refractivity contribution in [3.63, 3.8) is 0 Å². The van der Waals surface area contributed by atoms with Crippen LogP contribution >= 0.6 is 0 Å². The summed E-state index contributed by atoms with van der Waals surface area (Å²) in [5, 5.41) is 2.95. The van der Waals surface area contributed by atoms with Crippen molar-refractivity contribution in [3.8, 4) is 0 Å². The molecule has 0 aliphatic carbocycles. The summed E-state index contributed by atoms with van der Waals surface area (Å²) in [6.07, 6.45) is 1.47. The second-order valence-electron chi connectivity index (χ2n) is 6.89. The number of anilines is 1. The predicted molar refractivity (Wildman–Crippen MR) is 94.5 cm³/mol. The van der Waals surface area contributed by atoms with E-state index in [1.54, 1.807) is 17.0 Å². The molecule has 0 saturated carbocycles. The fourth-order valence-electron chi connectivity index (χ4n) is 3.49. The van der Waals surface area contributed by atoms with Crippen LogP contribution in [0.25, 0.3) is 0 Å². The summed E-state index contributed by atoms with van der Waals surface area (Å²) in [6, 6.07) is 7.22. The molecule has 1 N–H and O–H groups in total. The molecule has 2 saturated heterocycles. The van der Waals surface area contributed by atoms with E-state index in [9.17, 15) is 9.59 Å². The summed E-state index contributed by atoms with van der Waals surface area (Å²) in [5.74, 6) is -0.155. The Balaban J connectivity index is 1.73. The van der Waals surface area contributed by atoms with E-state index in [1.165, 1.54) is 0 Å². The molecular weight excluding hydrogens is 320 g/mol. The van der Waals surface area contributed by atoms with Gasteiger partial charge >= 0.3 is 0 Å². The van der Waals surface area contributed by atoms with E-state index in [2.05, 4.69) is 5.32 Å². The van der Waals surface area contributed by atoms with Gasteiger partial charge in [-0.2, -0.15) is 0 Å². The van der Waals surface area contributed by atoms with E-state index in [4.69, 9.17) is 9.47 Å². The van der Waals surface area contributed by atoms with Gasteiger partial charge in [-0.05, 0) is 38.8 Å². The van der Waals surface area contributed by atoms with Crippen molar-refractivity contribution in [2.45, 2.75) is 38.9 Å². The average Bonchev–Trinajstić information content (AvgIpc) is 2.61. The lowest BCUT2D eigenvalue weighted by Crippen LogP contribution is -2.48. The SMILES string of the molecule is CC1CN(C(=O)c2ccccc2NC(=O)C2CCOCC2)CC(C)O1. The lowest BCUT2D eigenvalue weighted by Gasteiger charge is -2.35. The number of para-hydroxylation sites is 1. The summed E-state index contributed by atoms with van der Waals surface area (Å²) in [7, 11) is 0. The zero-order valence-electron chi connectivity index (χ0n) is 14.9. The Hall–Kier alpha value is -1.92. The molecule has 2 heterocycles. The summed E-state index contributed by atoms with van der Waals surface area (Å²) in [4.78, 5) is 27.3. The van der Waals surface area contributed by atoms with Gasteiger partial charge < -0.3 is 19.7 Å². The van der Waals surface area contributed by atoms with Crippen LogP contribution in [0.15, 0.2) is 24.3 Å². The van der Waals surface area contributed by atoms with Crippen molar-refractivity contribution in [2.75, 3.05) is 31.6 Å². The Bertz CT molecular complexity index is 618. The fourth-order valence-corrected chi connectivity index (χ4v) is 3.49. The van der Waals surface area contributed by atoms with Gasteiger partial charge in [0.2, 0.25) is 5.91 Å². The number of nitrogens with one attached hydrogen (secondary N) is 1. The summed E-state index contributed by atoms with van der Waals surface area (Å²) < 4.78 is 11.0. The van der Waals surface area contributed by atoms with E-state index in [1.807, 2.05) is 26.0 Å². The second-order valence-corrected chi connectivity index (χ2v) is 6.89. The highest BCUT2D eigenvalue weighted by Gasteiger charge is 2.29. The van der Waals surface area contributed by atoms with Crippen LogP contribution in [0.1, 0.15) is 37.0 Å². The van der Waals surface area contributed by atoms with Gasteiger partial charge in [0.1, 0.15) is 0 Å². The predicted octanol–water partition coefficient (Wildman–Crippen LogP) is 2.30. The van der Waals surface area contributed by atoms with E-state index in [-0.39, 0.29) is 29.9 Å². The first-order valence-corrected chi connectivity index (χ1v) is 8.97. The van der Waals surface area contributed by atoms with Gasteiger partial charge in [-0.15, -0.1) is 0 Å². The minimum atomic E-state index is -0.0649. The molecule has 2 unspecified atom stereocenters. The molecular formula is C19H26N2O4. The number of nitrogens with zero attached hydrogens (tertiary/aromatic N) is 1. The molecule has 0 aromatic heterocycles. The normalized spacial score (nSPS) is 24.8. The number of benzene rings is 1. The van der Waals surface area contributed by atoms with E-state index < -0.39 is 0 Å². The van der Waals surface area contributed by atoms with Gasteiger partial charge in [-0.1, -0.05) is 12.1 Å². The number of hydrogen-bond acceptors (Lipinski definition) is 4. The molecule has 2 aliphatic heterocycles. The number of carbonyl (C=O) groups excluding carboxylic acids is 2. The fraction of sp³-hybridized carbons (Fsp3) is 0.579. The Kier molecular flexibility index (Phi) is 5.71. The largest absolute Gasteiger partial charge is 0.381 e. The zero-order valence-corrected chi connectivity index (χ0v) is 14.9. The highest BCUT2D eigenvalue weighted by Crippen LogP contribution is 2.23. The summed E-state index contributed by atoms with van der Waals surface area (Å²) >= 11 is 0. The van der Waals surface area contributed by atoms with Gasteiger partial charge in [-0.25, -0.2) is 0 Å². The van der Waals surface area contributed by atoms with Gasteiger partial charge in [0, 0.05) is 32.2 Å². The second kappa shape index (κ2) is 7.97. The van der Waals surface area contributed by atoms with Crippen molar-refractivity contribution in [1.29, 1.82) is 0 Å². The highest BCUT2D eigenvalue weighted by molar-refractivity contribution is 6.04. The number of amides is 2. The zero-order chi connectivity index (χ0) is 17.8. The first-order valence-electron chi connectivity index (χ1n) is 8.97. The topological polar surface area (TPSA) is 67.9 Å². The quantitative estimate of drug-likeness (QED) is 0.912. The molecule has 1 aromatic rings. The molecule has 2 amide bonds. The Labute approximate surface area is 148 Å². The van der Waals surface area contributed by atoms with Crippen LogP contribution in [-0.2, 0) is 14.3 Å². The molecule has 6 nitrogen and oxygen atoms in total. The van der Waals surface area contributed by atoms with Crippen molar-refractivity contribution in [3.05, 3.63) is 29.8 Å². The Morgan fingerprint density at radius 2 is 1.72 bits per heavy atom. The molecule has 1 aromatic carbocycles. The first kappa shape index (κ1) is 17.9. The minimum Gasteiger partial charge on any atom is -0.381 e. The highest BCUT2D eigenvalue weighted by atomic mass is 16.5. The molecule has 2 aliphatic rings. The first-order chi connectivity index (χ1) is 12.0. The molecule has 6 heteroatoms. The van der Waals surface area contributed by atoms with Gasteiger partial charge in [-0.3, -0.25) is 9.59 Å². The molecule has 25 heavy (non-hydrogen) atoms. The third kappa shape index (κ3) is 4.38. The van der Waals surface area contributed by atoms with E-state index in [0.29, 0.717) is 37.6 Å². The number of rotatable bonds is 3. The van der Waals surface area contributed by atoms with Gasteiger partial charge in [0.15, 0.2) is 0 Å². The third-order valence-electron chi connectivity index (χ3n) is 4.71. The number of morpholine rings is 1. The van der Waals surface area contributed by atoms with Crippen molar-refractivity contribution >= 4 is 17.5 Å². The number of hydrogen-bond donors (Lipinski definition) is 1. The van der Waals surface area contributed by atoms with Crippen LogP contribution < -0.4 is 5.32 Å². The average molecular weight is 346 g/mol. The van der Waals surface area contributed by atoms with Crippen LogP contribution in [0, 0.1) is 5.92 Å². The molecule has 0 bridgehead atoms. The maximum Gasteiger partial charge on any atom is 0.256 e. The van der Waals surface area contributed by atoms with Crippen LogP contribution in [0.5, 0.6) is 0 Å². The molecule has 0 radical (unpaired) electrons. The van der Waals surface area contributed by atoms with Crippen molar-refractivity contribution in [2.24, 2.45) is 5.92 Å². The maximum atomic E-state index is 13.0. The third-order valence-corrected chi connectivity index (χ3v) is 4.71. The lowest BCUT2D eigenvalue weighted by molar-refractivity contribution is -0.122. The van der Waals surface area contributed by atoms with Crippen LogP contribution in [0.2, 0.25) is 0 Å². The Morgan fingerprint density at radius 3 is 2.40 bits per heavy atom. The minimum absolute atomic E-state index is 0.0108. The monoisotopic (exact) mass is 346 g/mol. The van der Waals surface area contributed by atoms with Crippen LogP contribution in [0.4, 0.5) is 5.69 Å². The van der Waals surface area contributed by atoms with Crippen molar-refractivity contribution in [1.82, 2.24) is 4.90 Å². The standard InChI is InChI=1S/C19H26N2O4/c1-13-11-21(12-14(2)25-13)19(23)16-5-3-4-6-17(16)20-18(22)15-7-9-24-10-8-15/h3-6,13-15H,7-12H2,1-2H3,(H,20,22). The van der Waals surface area contributed by atoms with Gasteiger partial charge in [0.25, 0.3) is 5.91 Å². The van der Waals surface area contributed by atoms with Crippen LogP contribution in [-0.4, -0.2) is 55.2 Å². The summed E-state index contributed by atoms with van der Waals surface area (Å²) in [5.41, 5.74) is 1.11. The molecule has 136 valence electrons. The van der Waals surface area contributed by atoms with Crippen LogP contribution in [0.3, 0.4) is 0 Å². The number of ether oxygens (including phenoxy) is 2. The Morgan fingerprint density at radius 1 is 1.08 bits per heavy atom. The van der Waals surface area contributed by atoms with E-state index >= 15 is 0 Å². The molecule has 0 spiro atoms.